The lowest BCUT2D eigenvalue weighted by Gasteiger charge is -2.26. The summed E-state index contributed by atoms with van der Waals surface area (Å²) >= 11 is 0. The molecular formula is C14H19N3O4. The zero-order valence-corrected chi connectivity index (χ0v) is 11.7. The standard InChI is InChI=1S/C14H19N3O4/c15-12-9-10(1-2-11(12)14(19)20)16-4-3-13(18)17-5-7-21-8-6-17/h1-2,9,16H,3-8,15H2,(H,19,20). The Labute approximate surface area is 122 Å². The minimum Gasteiger partial charge on any atom is -0.478 e. The number of rotatable bonds is 5. The molecule has 1 aromatic rings. The quantitative estimate of drug-likeness (QED) is 0.688. The minimum atomic E-state index is -1.05. The highest BCUT2D eigenvalue weighted by Gasteiger charge is 2.16. The number of nitrogens with two attached hydrogens (primary N) is 1. The van der Waals surface area contributed by atoms with Gasteiger partial charge in [0.15, 0.2) is 0 Å². The molecule has 7 nitrogen and oxygen atoms in total. The molecule has 1 aliphatic rings. The zero-order chi connectivity index (χ0) is 15.2. The molecule has 114 valence electrons. The first-order valence-corrected chi connectivity index (χ1v) is 6.80. The van der Waals surface area contributed by atoms with Gasteiger partial charge in [0.1, 0.15) is 0 Å². The van der Waals surface area contributed by atoms with E-state index in [1.165, 1.54) is 6.07 Å². The predicted octanol–water partition coefficient (Wildman–Crippen LogP) is 0.628. The fourth-order valence-corrected chi connectivity index (χ4v) is 2.15. The number of hydrogen-bond acceptors (Lipinski definition) is 5. The highest BCUT2D eigenvalue weighted by atomic mass is 16.5. The molecule has 0 radical (unpaired) electrons. The Bertz CT molecular complexity index is 527. The van der Waals surface area contributed by atoms with E-state index in [2.05, 4.69) is 5.32 Å². The minimum absolute atomic E-state index is 0.0740. The lowest BCUT2D eigenvalue weighted by molar-refractivity contribution is -0.134. The molecule has 21 heavy (non-hydrogen) atoms. The fourth-order valence-electron chi connectivity index (χ4n) is 2.15. The highest BCUT2D eigenvalue weighted by Crippen LogP contribution is 2.18. The smallest absolute Gasteiger partial charge is 0.337 e. The first-order chi connectivity index (χ1) is 10.1. The van der Waals surface area contributed by atoms with Crippen molar-refractivity contribution >= 4 is 23.3 Å². The summed E-state index contributed by atoms with van der Waals surface area (Å²) in [6.07, 6.45) is 0.376. The number of morpholine rings is 1. The van der Waals surface area contributed by atoms with E-state index in [1.54, 1.807) is 17.0 Å². The summed E-state index contributed by atoms with van der Waals surface area (Å²) in [5, 5.41) is 12.0. The summed E-state index contributed by atoms with van der Waals surface area (Å²) < 4.78 is 5.20. The molecule has 0 saturated carbocycles. The number of amides is 1. The Hall–Kier alpha value is -2.28. The fraction of sp³-hybridized carbons (Fsp3) is 0.429. The van der Waals surface area contributed by atoms with Gasteiger partial charge < -0.3 is 25.8 Å². The summed E-state index contributed by atoms with van der Waals surface area (Å²) in [6.45, 7) is 2.93. The van der Waals surface area contributed by atoms with Crippen LogP contribution in [0.4, 0.5) is 11.4 Å². The number of benzene rings is 1. The van der Waals surface area contributed by atoms with Crippen molar-refractivity contribution in [2.24, 2.45) is 0 Å². The lowest BCUT2D eigenvalue weighted by Crippen LogP contribution is -2.41. The Kier molecular flexibility index (Phi) is 4.99. The number of ether oxygens (including phenoxy) is 1. The Morgan fingerprint density at radius 3 is 2.67 bits per heavy atom. The number of carboxylic acids is 1. The van der Waals surface area contributed by atoms with Crippen LogP contribution in [0, 0.1) is 0 Å². The van der Waals surface area contributed by atoms with E-state index < -0.39 is 5.97 Å². The number of nitrogen functional groups attached to an aromatic ring is 1. The molecule has 0 unspecified atom stereocenters. The third-order valence-corrected chi connectivity index (χ3v) is 3.31. The average molecular weight is 293 g/mol. The Balaban J connectivity index is 1.81. The number of anilines is 2. The number of nitrogens with zero attached hydrogens (tertiary/aromatic N) is 1. The van der Waals surface area contributed by atoms with E-state index in [9.17, 15) is 9.59 Å². The lowest BCUT2D eigenvalue weighted by atomic mass is 10.1. The molecule has 0 atom stereocenters. The van der Waals surface area contributed by atoms with Gasteiger partial charge in [-0.1, -0.05) is 0 Å². The van der Waals surface area contributed by atoms with Crippen molar-refractivity contribution in [3.63, 3.8) is 0 Å². The molecule has 0 aromatic heterocycles. The number of nitrogens with one attached hydrogen (secondary N) is 1. The Morgan fingerprint density at radius 1 is 1.33 bits per heavy atom. The van der Waals surface area contributed by atoms with Gasteiger partial charge in [0.05, 0.1) is 18.8 Å². The number of aromatic carboxylic acids is 1. The van der Waals surface area contributed by atoms with Gasteiger partial charge in [-0.3, -0.25) is 4.79 Å². The third kappa shape index (κ3) is 4.09. The molecule has 1 aromatic carbocycles. The molecule has 1 fully saturated rings. The van der Waals surface area contributed by atoms with Crippen LogP contribution in [0.2, 0.25) is 0 Å². The van der Waals surface area contributed by atoms with Crippen molar-refractivity contribution in [3.8, 4) is 0 Å². The molecule has 0 aliphatic carbocycles. The van der Waals surface area contributed by atoms with Crippen LogP contribution in [0.15, 0.2) is 18.2 Å². The van der Waals surface area contributed by atoms with Gasteiger partial charge in [-0.15, -0.1) is 0 Å². The second kappa shape index (κ2) is 6.94. The van der Waals surface area contributed by atoms with Crippen LogP contribution < -0.4 is 11.1 Å². The average Bonchev–Trinajstić information content (AvgIpc) is 2.47. The maximum atomic E-state index is 11.9. The maximum absolute atomic E-state index is 11.9. The normalized spacial score (nSPS) is 14.8. The van der Waals surface area contributed by atoms with Gasteiger partial charge in [-0.25, -0.2) is 4.79 Å². The summed E-state index contributed by atoms with van der Waals surface area (Å²) in [5.41, 5.74) is 6.64. The first-order valence-electron chi connectivity index (χ1n) is 6.80. The first kappa shape index (κ1) is 15.1. The van der Waals surface area contributed by atoms with Crippen molar-refractivity contribution < 1.29 is 19.4 Å². The summed E-state index contributed by atoms with van der Waals surface area (Å²) in [6, 6.07) is 4.64. The van der Waals surface area contributed by atoms with Crippen molar-refractivity contribution in [3.05, 3.63) is 23.8 Å². The number of carbonyl (C=O) groups excluding carboxylic acids is 1. The van der Waals surface area contributed by atoms with E-state index in [1.807, 2.05) is 0 Å². The van der Waals surface area contributed by atoms with Crippen LogP contribution >= 0.6 is 0 Å². The molecule has 1 saturated heterocycles. The summed E-state index contributed by atoms with van der Waals surface area (Å²) in [5.74, 6) is -0.970. The number of carboxylic acid groups (broad SMARTS) is 1. The monoisotopic (exact) mass is 293 g/mol. The largest absolute Gasteiger partial charge is 0.478 e. The second-order valence-corrected chi connectivity index (χ2v) is 4.78. The van der Waals surface area contributed by atoms with Gasteiger partial charge in [-0.2, -0.15) is 0 Å². The van der Waals surface area contributed by atoms with Crippen LogP contribution in [0.3, 0.4) is 0 Å². The van der Waals surface area contributed by atoms with Crippen LogP contribution in [-0.2, 0) is 9.53 Å². The number of hydrogen-bond donors (Lipinski definition) is 3. The molecule has 1 amide bonds. The molecular weight excluding hydrogens is 274 g/mol. The third-order valence-electron chi connectivity index (χ3n) is 3.31. The molecule has 0 spiro atoms. The molecule has 1 aliphatic heterocycles. The van der Waals surface area contributed by atoms with E-state index in [0.29, 0.717) is 45.0 Å². The van der Waals surface area contributed by atoms with Crippen molar-refractivity contribution in [1.82, 2.24) is 4.90 Å². The van der Waals surface area contributed by atoms with E-state index in [4.69, 9.17) is 15.6 Å². The van der Waals surface area contributed by atoms with Crippen molar-refractivity contribution in [1.29, 1.82) is 0 Å². The van der Waals surface area contributed by atoms with E-state index >= 15 is 0 Å². The topological polar surface area (TPSA) is 105 Å². The SMILES string of the molecule is Nc1cc(NCCC(=O)N2CCOCC2)ccc1C(=O)O. The Morgan fingerprint density at radius 2 is 2.05 bits per heavy atom. The van der Waals surface area contributed by atoms with Gasteiger partial charge in [-0.05, 0) is 18.2 Å². The summed E-state index contributed by atoms with van der Waals surface area (Å²) in [7, 11) is 0. The summed E-state index contributed by atoms with van der Waals surface area (Å²) in [4.78, 5) is 24.6. The van der Waals surface area contributed by atoms with Gasteiger partial charge in [0, 0.05) is 37.4 Å². The van der Waals surface area contributed by atoms with Crippen LogP contribution in [-0.4, -0.2) is 54.7 Å². The zero-order valence-electron chi connectivity index (χ0n) is 11.7. The molecule has 2 rings (SSSR count). The number of carbonyl (C=O) groups is 2. The van der Waals surface area contributed by atoms with Gasteiger partial charge in [0.25, 0.3) is 0 Å². The van der Waals surface area contributed by atoms with Crippen LogP contribution in [0.5, 0.6) is 0 Å². The molecule has 7 heteroatoms. The van der Waals surface area contributed by atoms with Gasteiger partial charge in [0.2, 0.25) is 5.91 Å². The molecule has 0 bridgehead atoms. The van der Waals surface area contributed by atoms with E-state index in [-0.39, 0.29) is 17.2 Å². The maximum Gasteiger partial charge on any atom is 0.337 e. The van der Waals surface area contributed by atoms with Gasteiger partial charge >= 0.3 is 5.97 Å². The van der Waals surface area contributed by atoms with Crippen molar-refractivity contribution in [2.75, 3.05) is 43.9 Å². The van der Waals surface area contributed by atoms with E-state index in [0.717, 1.165) is 0 Å². The second-order valence-electron chi connectivity index (χ2n) is 4.78. The predicted molar refractivity (Wildman–Crippen MR) is 78.3 cm³/mol. The molecule has 4 N–H and O–H groups in total. The van der Waals surface area contributed by atoms with Crippen LogP contribution in [0.1, 0.15) is 16.8 Å². The van der Waals surface area contributed by atoms with Crippen LogP contribution in [0.25, 0.3) is 0 Å². The van der Waals surface area contributed by atoms with Crippen molar-refractivity contribution in [2.45, 2.75) is 6.42 Å². The molecule has 1 heterocycles. The highest BCUT2D eigenvalue weighted by molar-refractivity contribution is 5.94.